The largest absolute Gasteiger partial charge is 0.497 e. The van der Waals surface area contributed by atoms with Crippen LogP contribution in [0.15, 0.2) is 72.8 Å². The molecule has 8 nitrogen and oxygen atoms in total. The number of fused-ring (bicyclic) bond motifs is 2. The van der Waals surface area contributed by atoms with E-state index in [1.54, 1.807) is 21.8 Å². The highest BCUT2D eigenvalue weighted by Crippen LogP contribution is 2.45. The maximum Gasteiger partial charge on any atom is 0.255 e. The highest BCUT2D eigenvalue weighted by molar-refractivity contribution is 6.03. The van der Waals surface area contributed by atoms with E-state index < -0.39 is 6.04 Å². The number of carbonyl (C=O) groups is 3. The molecule has 1 atom stereocenters. The number of ether oxygens (including phenoxy) is 1. The summed E-state index contributed by atoms with van der Waals surface area (Å²) in [7, 11) is 1.64. The Morgan fingerprint density at radius 3 is 2.55 bits per heavy atom. The van der Waals surface area contributed by atoms with E-state index in [2.05, 4.69) is 11.1 Å². The molecule has 38 heavy (non-hydrogen) atoms. The molecule has 192 valence electrons. The summed E-state index contributed by atoms with van der Waals surface area (Å²) in [6.45, 7) is 1.86. The van der Waals surface area contributed by atoms with Gasteiger partial charge in [-0.1, -0.05) is 48.5 Å². The molecule has 3 aromatic carbocycles. The first-order valence-corrected chi connectivity index (χ1v) is 12.7. The Hall–Kier alpha value is -4.59. The number of benzene rings is 3. The van der Waals surface area contributed by atoms with Crippen LogP contribution in [0, 0.1) is 0 Å². The third-order valence-electron chi connectivity index (χ3n) is 7.56. The summed E-state index contributed by atoms with van der Waals surface area (Å²) in [5, 5.41) is 0.997. The van der Waals surface area contributed by atoms with Gasteiger partial charge in [-0.05, 0) is 29.8 Å². The summed E-state index contributed by atoms with van der Waals surface area (Å²) in [5.41, 5.74) is 5.21. The molecule has 2 aliphatic heterocycles. The monoisotopic (exact) mass is 508 g/mol. The lowest BCUT2D eigenvalue weighted by Gasteiger charge is -2.34. The number of para-hydroxylation sites is 1. The Labute approximate surface area is 220 Å². The van der Waals surface area contributed by atoms with Crippen LogP contribution in [0.25, 0.3) is 22.2 Å². The summed E-state index contributed by atoms with van der Waals surface area (Å²) in [6.07, 6.45) is 0.815. The molecule has 0 unspecified atom stereocenters. The molecule has 0 radical (unpaired) electrons. The van der Waals surface area contributed by atoms with Crippen LogP contribution < -0.4 is 4.74 Å². The minimum absolute atomic E-state index is 0.0453. The molecule has 0 bridgehead atoms. The van der Waals surface area contributed by atoms with Crippen LogP contribution >= 0.6 is 0 Å². The lowest BCUT2D eigenvalue weighted by molar-refractivity contribution is -0.135. The number of nitrogens with zero attached hydrogens (tertiary/aromatic N) is 3. The zero-order valence-corrected chi connectivity index (χ0v) is 21.1. The number of nitrogens with one attached hydrogen (secondary N) is 1. The molecule has 8 heteroatoms. The van der Waals surface area contributed by atoms with Crippen molar-refractivity contribution in [2.75, 3.05) is 39.8 Å². The van der Waals surface area contributed by atoms with E-state index in [1.165, 1.54) is 0 Å². The van der Waals surface area contributed by atoms with Gasteiger partial charge in [0.15, 0.2) is 0 Å². The van der Waals surface area contributed by atoms with Crippen molar-refractivity contribution in [3.05, 3.63) is 89.5 Å². The van der Waals surface area contributed by atoms with Crippen molar-refractivity contribution in [2.24, 2.45) is 0 Å². The average molecular weight is 509 g/mol. The van der Waals surface area contributed by atoms with Gasteiger partial charge in [0.2, 0.25) is 12.3 Å². The maximum absolute atomic E-state index is 13.8. The van der Waals surface area contributed by atoms with Gasteiger partial charge in [0.05, 0.1) is 18.8 Å². The number of hydrogen-bond donors (Lipinski definition) is 1. The van der Waals surface area contributed by atoms with Crippen molar-refractivity contribution in [1.82, 2.24) is 19.7 Å². The first kappa shape index (κ1) is 23.8. The second-order valence-electron chi connectivity index (χ2n) is 9.64. The molecule has 1 N–H and O–H groups in total. The lowest BCUT2D eigenvalue weighted by Crippen LogP contribution is -2.51. The number of H-pyrrole nitrogens is 1. The number of amides is 3. The molecule has 0 saturated carbocycles. The van der Waals surface area contributed by atoms with Crippen molar-refractivity contribution in [3.63, 3.8) is 0 Å². The van der Waals surface area contributed by atoms with E-state index >= 15 is 0 Å². The first-order chi connectivity index (χ1) is 18.6. The minimum atomic E-state index is -0.448. The quantitative estimate of drug-likeness (QED) is 0.403. The Morgan fingerprint density at radius 1 is 1.00 bits per heavy atom. The van der Waals surface area contributed by atoms with Gasteiger partial charge in [-0.2, -0.15) is 0 Å². The highest BCUT2D eigenvalue weighted by Gasteiger charge is 2.41. The van der Waals surface area contributed by atoms with Crippen molar-refractivity contribution >= 4 is 29.1 Å². The number of methoxy groups -OCH3 is 1. The third-order valence-corrected chi connectivity index (χ3v) is 7.56. The summed E-state index contributed by atoms with van der Waals surface area (Å²) in [4.78, 5) is 47.0. The minimum Gasteiger partial charge on any atom is -0.497 e. The van der Waals surface area contributed by atoms with Crippen LogP contribution in [-0.4, -0.2) is 77.7 Å². The highest BCUT2D eigenvalue weighted by atomic mass is 16.5. The fourth-order valence-electron chi connectivity index (χ4n) is 5.62. The molecule has 1 saturated heterocycles. The number of piperazine rings is 1. The molecular formula is C30H28N4O4. The number of carbonyl (C=O) groups excluding carboxylic acids is 3. The zero-order chi connectivity index (χ0) is 26.2. The molecule has 6 rings (SSSR count). The molecule has 1 aromatic heterocycles. The Morgan fingerprint density at radius 2 is 1.76 bits per heavy atom. The molecule has 1 fully saturated rings. The standard InChI is InChI=1S/C30H28N4O4/c1-38-21-8-6-7-20(17-21)28-27(24-11-4-5-12-25(24)31-28)29-22-9-2-3-10-23(22)30(37)34(29)18-26(36)33-15-13-32(19-35)14-16-33/h2-12,17,19,29,31H,13-16,18H2,1H3/t29-/m0/s1. The molecule has 4 aromatic rings. The van der Waals surface area contributed by atoms with Gasteiger partial charge < -0.3 is 24.4 Å². The van der Waals surface area contributed by atoms with E-state index in [9.17, 15) is 14.4 Å². The topological polar surface area (TPSA) is 85.9 Å². The average Bonchev–Trinajstić information content (AvgIpc) is 3.48. The molecule has 2 aliphatic rings. The van der Waals surface area contributed by atoms with E-state index in [0.717, 1.165) is 45.4 Å². The van der Waals surface area contributed by atoms with Gasteiger partial charge in [-0.15, -0.1) is 0 Å². The summed E-state index contributed by atoms with van der Waals surface area (Å²) in [5.74, 6) is 0.452. The van der Waals surface area contributed by atoms with Gasteiger partial charge in [-0.25, -0.2) is 0 Å². The Kier molecular flexibility index (Phi) is 6.07. The molecule has 3 amide bonds. The van der Waals surface area contributed by atoms with Gasteiger partial charge in [-0.3, -0.25) is 14.4 Å². The van der Waals surface area contributed by atoms with Crippen molar-refractivity contribution in [2.45, 2.75) is 6.04 Å². The predicted octanol–water partition coefficient (Wildman–Crippen LogP) is 3.69. The molecule has 3 heterocycles. The normalized spacial score (nSPS) is 17.1. The van der Waals surface area contributed by atoms with Crippen molar-refractivity contribution < 1.29 is 19.1 Å². The van der Waals surface area contributed by atoms with Gasteiger partial charge >= 0.3 is 0 Å². The zero-order valence-electron chi connectivity index (χ0n) is 21.1. The summed E-state index contributed by atoms with van der Waals surface area (Å²) < 4.78 is 5.49. The third kappa shape index (κ3) is 3.98. The van der Waals surface area contributed by atoms with Crippen LogP contribution in [-0.2, 0) is 9.59 Å². The second kappa shape index (κ2) is 9.70. The van der Waals surface area contributed by atoms with E-state index in [4.69, 9.17) is 4.74 Å². The van der Waals surface area contributed by atoms with E-state index in [0.29, 0.717) is 31.7 Å². The van der Waals surface area contributed by atoms with Crippen LogP contribution in [0.1, 0.15) is 27.5 Å². The number of rotatable bonds is 6. The number of aromatic nitrogens is 1. The Bertz CT molecular complexity index is 1540. The van der Waals surface area contributed by atoms with Crippen LogP contribution in [0.3, 0.4) is 0 Å². The fraction of sp³-hybridized carbons (Fsp3) is 0.233. The maximum atomic E-state index is 13.8. The number of hydrogen-bond acceptors (Lipinski definition) is 4. The van der Waals surface area contributed by atoms with E-state index in [1.807, 2.05) is 66.7 Å². The van der Waals surface area contributed by atoms with Crippen LogP contribution in [0.5, 0.6) is 5.75 Å². The summed E-state index contributed by atoms with van der Waals surface area (Å²) in [6, 6.07) is 23.0. The van der Waals surface area contributed by atoms with Crippen LogP contribution in [0.2, 0.25) is 0 Å². The Balaban J connectivity index is 1.46. The summed E-state index contributed by atoms with van der Waals surface area (Å²) >= 11 is 0. The van der Waals surface area contributed by atoms with Crippen LogP contribution in [0.4, 0.5) is 0 Å². The smallest absolute Gasteiger partial charge is 0.255 e. The number of aromatic amines is 1. The first-order valence-electron chi connectivity index (χ1n) is 12.7. The molecule has 0 aliphatic carbocycles. The SMILES string of the molecule is COc1cccc(-c2[nH]c3ccccc3c2[C@@H]2c3ccccc3C(=O)N2CC(=O)N2CCN(C=O)CC2)c1. The lowest BCUT2D eigenvalue weighted by atomic mass is 9.93. The van der Waals surface area contributed by atoms with Gasteiger partial charge in [0, 0.05) is 53.8 Å². The van der Waals surface area contributed by atoms with Crippen molar-refractivity contribution in [1.29, 1.82) is 0 Å². The molecule has 0 spiro atoms. The molecular weight excluding hydrogens is 480 g/mol. The fourth-order valence-corrected chi connectivity index (χ4v) is 5.62. The predicted molar refractivity (Wildman–Crippen MR) is 144 cm³/mol. The van der Waals surface area contributed by atoms with E-state index in [-0.39, 0.29) is 18.4 Å². The van der Waals surface area contributed by atoms with Gasteiger partial charge in [0.25, 0.3) is 5.91 Å². The second-order valence-corrected chi connectivity index (χ2v) is 9.64. The van der Waals surface area contributed by atoms with Gasteiger partial charge in [0.1, 0.15) is 12.3 Å². The van der Waals surface area contributed by atoms with Crippen molar-refractivity contribution in [3.8, 4) is 17.0 Å².